The molecule has 0 atom stereocenters. The first-order valence-electron chi connectivity index (χ1n) is 14.8. The van der Waals surface area contributed by atoms with Crippen molar-refractivity contribution in [2.75, 3.05) is 23.5 Å². The molecule has 0 amide bonds. The number of nitrogens with two attached hydrogens (primary N) is 1. The summed E-state index contributed by atoms with van der Waals surface area (Å²) in [6.07, 6.45) is 0. The molecular weight excluding hydrogens is 830 g/mol. The molecule has 290 valence electrons. The number of phenols is 1. The van der Waals surface area contributed by atoms with Gasteiger partial charge in [-0.3, -0.25) is 18.7 Å². The molecule has 4 aromatic carbocycles. The van der Waals surface area contributed by atoms with E-state index in [0.29, 0.717) is 0 Å². The molecule has 56 heavy (non-hydrogen) atoms. The highest BCUT2D eigenvalue weighted by Crippen LogP contribution is 2.49. The zero-order valence-corrected chi connectivity index (χ0v) is 30.7. The molecule has 3 heterocycles. The number of phenolic OH excluding ortho intramolecular Hbond substituents is 1. The van der Waals surface area contributed by atoms with Crippen molar-refractivity contribution in [3.05, 3.63) is 52.1 Å². The molecule has 23 nitrogen and oxygen atoms in total. The molecule has 0 spiro atoms. The van der Waals surface area contributed by atoms with Gasteiger partial charge in [-0.1, -0.05) is 11.6 Å². The number of hydrogen-bond donors (Lipinski definition) is 8. The first-order chi connectivity index (χ1) is 26.2. The summed E-state index contributed by atoms with van der Waals surface area (Å²) in [4.78, 5) is 20.8. The summed E-state index contributed by atoms with van der Waals surface area (Å²) in [6, 6.07) is 5.98. The lowest BCUT2D eigenvalue weighted by molar-refractivity contribution is 0.380. The number of aromatic nitrogens is 3. The second-order valence-electron chi connectivity index (χ2n) is 11.2. The van der Waals surface area contributed by atoms with E-state index in [9.17, 15) is 49.1 Å². The lowest BCUT2D eigenvalue weighted by Crippen LogP contribution is -2.22. The number of rotatable bonds is 9. The molecule has 2 aliphatic heterocycles. The molecule has 7 rings (SSSR count). The molecule has 0 radical (unpaired) electrons. The van der Waals surface area contributed by atoms with Gasteiger partial charge in [-0.15, -0.1) is 0 Å². The summed E-state index contributed by atoms with van der Waals surface area (Å²) in [5.41, 5.74) is 3.92. The molecule has 1 aromatic heterocycles. The van der Waals surface area contributed by atoms with Crippen LogP contribution in [0.5, 0.6) is 40.5 Å². The number of aliphatic imine (C=N–C) groups is 1. The molecule has 2 aliphatic rings. The number of fused-ring (bicyclic) bond motifs is 4. The Kier molecular flexibility index (Phi) is 8.87. The van der Waals surface area contributed by atoms with Crippen LogP contribution in [0.3, 0.4) is 0 Å². The van der Waals surface area contributed by atoms with Crippen LogP contribution in [0, 0.1) is 0 Å². The van der Waals surface area contributed by atoms with Crippen molar-refractivity contribution in [2.45, 2.75) is 14.7 Å². The van der Waals surface area contributed by atoms with Gasteiger partial charge >= 0.3 is 6.01 Å². The van der Waals surface area contributed by atoms with E-state index >= 15 is 0 Å². The van der Waals surface area contributed by atoms with Gasteiger partial charge in [-0.05, 0) is 43.1 Å². The van der Waals surface area contributed by atoms with E-state index < -0.39 is 119 Å². The SMILES string of the molecule is C=Nc1ccc(Nc2nc(O)nc(Nc3ccc4c(c3S(=O)(=O)O)Oc3c(Cl)c5c(c(O)c3=N4)Oc3c(ccc(N)c3S(=O)(=O)O)N=5)n2)c(S(=O)(=O)O)c1OC. The van der Waals surface area contributed by atoms with Crippen LogP contribution < -0.4 is 41.3 Å². The Morgan fingerprint density at radius 2 is 1.25 bits per heavy atom. The Morgan fingerprint density at radius 3 is 1.82 bits per heavy atom. The van der Waals surface area contributed by atoms with Gasteiger partial charge in [0.25, 0.3) is 30.4 Å². The summed E-state index contributed by atoms with van der Waals surface area (Å²) in [5.74, 6) is -4.58. The number of aromatic hydroxyl groups is 2. The van der Waals surface area contributed by atoms with Gasteiger partial charge in [0.2, 0.25) is 11.9 Å². The highest BCUT2D eigenvalue weighted by atomic mass is 35.5. The molecular formula is C29H20ClN9O14S3. The average molecular weight is 850 g/mol. The van der Waals surface area contributed by atoms with Gasteiger partial charge in [0.05, 0.1) is 24.2 Å². The number of nitrogen functional groups attached to an aromatic ring is 1. The van der Waals surface area contributed by atoms with E-state index in [-0.39, 0.29) is 28.1 Å². The maximum atomic E-state index is 12.9. The van der Waals surface area contributed by atoms with Crippen molar-refractivity contribution in [3.63, 3.8) is 0 Å². The van der Waals surface area contributed by atoms with Gasteiger partial charge in [-0.2, -0.15) is 40.2 Å². The van der Waals surface area contributed by atoms with E-state index in [1.165, 1.54) is 12.1 Å². The van der Waals surface area contributed by atoms with E-state index in [2.05, 4.69) is 47.3 Å². The van der Waals surface area contributed by atoms with Crippen molar-refractivity contribution >= 4 is 94.7 Å². The molecule has 0 unspecified atom stereocenters. The van der Waals surface area contributed by atoms with Gasteiger partial charge in [0, 0.05) is 0 Å². The smallest absolute Gasteiger partial charge is 0.320 e. The van der Waals surface area contributed by atoms with E-state index in [0.717, 1.165) is 31.4 Å². The number of hydrogen-bond acceptors (Lipinski definition) is 20. The van der Waals surface area contributed by atoms with Crippen molar-refractivity contribution in [1.29, 1.82) is 0 Å². The number of nitrogens with one attached hydrogen (secondary N) is 2. The van der Waals surface area contributed by atoms with Gasteiger partial charge in [0.15, 0.2) is 54.5 Å². The summed E-state index contributed by atoms with van der Waals surface area (Å²) in [7, 11) is -14.1. The Morgan fingerprint density at radius 1 is 0.732 bits per heavy atom. The molecule has 0 saturated heterocycles. The van der Waals surface area contributed by atoms with Crippen molar-refractivity contribution in [3.8, 4) is 40.5 Å². The zero-order valence-electron chi connectivity index (χ0n) is 27.4. The Bertz CT molecular complexity index is 3080. The van der Waals surface area contributed by atoms with Crippen LogP contribution in [0.2, 0.25) is 5.02 Å². The standard InChI is InChI=1S/C29H20ClN9O14S3/c1-32-10-5-7-13(25(19(10)51-2)55(45,46)47)35-27-37-28(39-29(41)38-27)36-14-8-6-12-21(26(14)56(48,49)50)52-22-15(30)16-23(18(40)17(22)34-12)53-20-11(33-16)4-3-9(31)24(20)54(42,43)44/h3-8,40H,1,31H2,2H3,(H,42,43,44)(H,45,46,47)(H,48,49,50)(H3,35,36,37,38,39,41). The van der Waals surface area contributed by atoms with Crippen molar-refractivity contribution in [2.24, 2.45) is 15.0 Å². The second-order valence-corrected chi connectivity index (χ2v) is 15.6. The predicted molar refractivity (Wildman–Crippen MR) is 192 cm³/mol. The zero-order chi connectivity index (χ0) is 40.6. The fourth-order valence-corrected chi connectivity index (χ4v) is 8.14. The summed E-state index contributed by atoms with van der Waals surface area (Å²) in [6.45, 7) is 3.32. The number of nitrogens with zero attached hydrogens (tertiary/aromatic N) is 6. The molecule has 0 saturated carbocycles. The molecule has 27 heteroatoms. The highest BCUT2D eigenvalue weighted by molar-refractivity contribution is 7.86. The third kappa shape index (κ3) is 6.44. The quantitative estimate of drug-likeness (QED) is 0.0587. The summed E-state index contributed by atoms with van der Waals surface area (Å²) < 4.78 is 121. The lowest BCUT2D eigenvalue weighted by atomic mass is 10.1. The maximum Gasteiger partial charge on any atom is 0.320 e. The minimum Gasteiger partial charge on any atom is -0.503 e. The molecule has 0 fully saturated rings. The monoisotopic (exact) mass is 849 g/mol. The van der Waals surface area contributed by atoms with Crippen LogP contribution in [0.15, 0.2) is 66.1 Å². The topological polar surface area (TPSA) is 357 Å². The Balaban J connectivity index is 1.32. The number of methoxy groups -OCH3 is 1. The number of benzene rings is 4. The van der Waals surface area contributed by atoms with Gasteiger partial charge in [-0.25, -0.2) is 9.98 Å². The third-order valence-electron chi connectivity index (χ3n) is 7.72. The van der Waals surface area contributed by atoms with E-state index in [4.69, 9.17) is 31.5 Å². The van der Waals surface area contributed by atoms with Gasteiger partial charge in [0.1, 0.15) is 27.4 Å². The first kappa shape index (κ1) is 37.9. The van der Waals surface area contributed by atoms with Crippen LogP contribution in [0.4, 0.5) is 46.0 Å². The number of halogens is 1. The van der Waals surface area contributed by atoms with Crippen LogP contribution in [-0.2, 0) is 30.4 Å². The van der Waals surface area contributed by atoms with Crippen LogP contribution >= 0.6 is 11.6 Å². The summed E-state index contributed by atoms with van der Waals surface area (Å²) >= 11 is 6.60. The second kappa shape index (κ2) is 13.1. The molecule has 0 bridgehead atoms. The van der Waals surface area contributed by atoms with Crippen molar-refractivity contribution < 1.29 is 63.3 Å². The lowest BCUT2D eigenvalue weighted by Gasteiger charge is -2.23. The van der Waals surface area contributed by atoms with Crippen LogP contribution in [0.25, 0.3) is 0 Å². The highest BCUT2D eigenvalue weighted by Gasteiger charge is 2.35. The van der Waals surface area contributed by atoms with Crippen LogP contribution in [-0.4, -0.2) is 77.9 Å². The minimum atomic E-state index is -5.27. The number of anilines is 5. The Hall–Kier alpha value is -6.42. The maximum absolute atomic E-state index is 12.9. The van der Waals surface area contributed by atoms with Gasteiger partial charge < -0.3 is 40.8 Å². The van der Waals surface area contributed by atoms with E-state index in [1.54, 1.807) is 0 Å². The molecule has 0 aliphatic carbocycles. The third-order valence-corrected chi connectivity index (χ3v) is 10.8. The predicted octanol–water partition coefficient (Wildman–Crippen LogP) is 3.20. The largest absolute Gasteiger partial charge is 0.503 e. The number of ether oxygens (including phenoxy) is 3. The van der Waals surface area contributed by atoms with Crippen molar-refractivity contribution in [1.82, 2.24) is 15.0 Å². The molecule has 9 N–H and O–H groups in total. The average Bonchev–Trinajstić information content (AvgIpc) is 3.10. The van der Waals surface area contributed by atoms with Crippen LogP contribution in [0.1, 0.15) is 0 Å². The Labute approximate surface area is 317 Å². The van der Waals surface area contributed by atoms with E-state index in [1.807, 2.05) is 0 Å². The summed E-state index contributed by atoms with van der Waals surface area (Å²) in [5, 5.41) is 25.3. The molecule has 5 aromatic rings. The fraction of sp³-hybridized carbons (Fsp3) is 0.0345. The minimum absolute atomic E-state index is 0.0578. The normalized spacial score (nSPS) is 12.9. The fourth-order valence-electron chi connectivity index (χ4n) is 5.54. The first-order valence-corrected chi connectivity index (χ1v) is 19.5.